The van der Waals surface area contributed by atoms with E-state index in [0.717, 1.165) is 17.2 Å². The summed E-state index contributed by atoms with van der Waals surface area (Å²) in [5.74, 6) is 0.0219. The van der Waals surface area contributed by atoms with Gasteiger partial charge in [0.05, 0.1) is 17.9 Å². The number of sulfone groups is 1. The zero-order chi connectivity index (χ0) is 19.4. The Hall–Kier alpha value is -2.87. The number of amides is 1. The van der Waals surface area contributed by atoms with Crippen molar-refractivity contribution in [3.8, 4) is 5.75 Å². The van der Waals surface area contributed by atoms with Crippen LogP contribution in [0.15, 0.2) is 53.6 Å². The minimum absolute atomic E-state index is 0.170. The number of nitrogens with one attached hydrogen (secondary N) is 2. The fourth-order valence-corrected chi connectivity index (χ4v) is 3.31. The SMILES string of the molecule is CS(=O)(=O)c1ccc(OCCNC(=O)Cc2c[nH]c3cc(F)ccc23)cc1. The number of hydrogen-bond acceptors (Lipinski definition) is 4. The highest BCUT2D eigenvalue weighted by Crippen LogP contribution is 2.19. The van der Waals surface area contributed by atoms with E-state index in [-0.39, 0.29) is 29.6 Å². The molecule has 2 aromatic carbocycles. The first kappa shape index (κ1) is 18.9. The Kier molecular flexibility index (Phi) is 5.46. The van der Waals surface area contributed by atoms with Gasteiger partial charge in [-0.1, -0.05) is 0 Å². The molecule has 0 spiro atoms. The lowest BCUT2D eigenvalue weighted by atomic mass is 10.1. The second-order valence-corrected chi connectivity index (χ2v) is 8.14. The van der Waals surface area contributed by atoms with Crippen LogP contribution in [0.4, 0.5) is 4.39 Å². The Morgan fingerprint density at radius 2 is 1.93 bits per heavy atom. The van der Waals surface area contributed by atoms with Crippen LogP contribution < -0.4 is 10.1 Å². The minimum atomic E-state index is -3.23. The third-order valence-electron chi connectivity index (χ3n) is 4.03. The second kappa shape index (κ2) is 7.79. The molecule has 27 heavy (non-hydrogen) atoms. The summed E-state index contributed by atoms with van der Waals surface area (Å²) in [4.78, 5) is 15.2. The molecular formula is C19H19FN2O4S. The molecule has 8 heteroatoms. The lowest BCUT2D eigenvalue weighted by molar-refractivity contribution is -0.120. The Balaban J connectivity index is 1.47. The van der Waals surface area contributed by atoms with Crippen molar-refractivity contribution >= 4 is 26.6 Å². The average molecular weight is 390 g/mol. The molecule has 1 heterocycles. The molecule has 142 valence electrons. The summed E-state index contributed by atoms with van der Waals surface area (Å²) in [6, 6.07) is 10.5. The zero-order valence-electron chi connectivity index (χ0n) is 14.7. The second-order valence-electron chi connectivity index (χ2n) is 6.12. The van der Waals surface area contributed by atoms with Gasteiger partial charge in [-0.3, -0.25) is 4.79 Å². The van der Waals surface area contributed by atoms with E-state index in [0.29, 0.717) is 17.8 Å². The summed E-state index contributed by atoms with van der Waals surface area (Å²) in [7, 11) is -3.23. The van der Waals surface area contributed by atoms with Crippen LogP contribution in [0.25, 0.3) is 10.9 Å². The number of H-pyrrole nitrogens is 1. The highest BCUT2D eigenvalue weighted by molar-refractivity contribution is 7.90. The summed E-state index contributed by atoms with van der Waals surface area (Å²) in [5.41, 5.74) is 1.44. The van der Waals surface area contributed by atoms with E-state index in [1.165, 1.54) is 24.3 Å². The largest absolute Gasteiger partial charge is 0.492 e. The van der Waals surface area contributed by atoms with E-state index in [1.54, 1.807) is 24.4 Å². The zero-order valence-corrected chi connectivity index (χ0v) is 15.5. The molecule has 3 aromatic rings. The molecule has 3 rings (SSSR count). The molecule has 0 saturated heterocycles. The highest BCUT2D eigenvalue weighted by Gasteiger charge is 2.10. The molecule has 0 fully saturated rings. The molecule has 1 aromatic heterocycles. The van der Waals surface area contributed by atoms with Crippen molar-refractivity contribution in [2.75, 3.05) is 19.4 Å². The first-order valence-electron chi connectivity index (χ1n) is 8.28. The van der Waals surface area contributed by atoms with E-state index in [1.807, 2.05) is 0 Å². The van der Waals surface area contributed by atoms with Gasteiger partial charge in [0.15, 0.2) is 9.84 Å². The summed E-state index contributed by atoms with van der Waals surface area (Å²) in [6.45, 7) is 0.562. The van der Waals surface area contributed by atoms with Gasteiger partial charge in [0.25, 0.3) is 0 Å². The molecule has 0 unspecified atom stereocenters. The van der Waals surface area contributed by atoms with Crippen molar-refractivity contribution in [2.24, 2.45) is 0 Å². The van der Waals surface area contributed by atoms with Crippen LogP contribution in [0.5, 0.6) is 5.75 Å². The quantitative estimate of drug-likeness (QED) is 0.607. The molecule has 0 atom stereocenters. The molecule has 0 radical (unpaired) electrons. The first-order chi connectivity index (χ1) is 12.8. The van der Waals surface area contributed by atoms with Gasteiger partial charge in [-0.2, -0.15) is 0 Å². The topological polar surface area (TPSA) is 88.3 Å². The van der Waals surface area contributed by atoms with Crippen LogP contribution in [0.3, 0.4) is 0 Å². The van der Waals surface area contributed by atoms with Gasteiger partial charge in [0.1, 0.15) is 18.2 Å². The van der Waals surface area contributed by atoms with Gasteiger partial charge in [-0.05, 0) is 48.0 Å². The van der Waals surface area contributed by atoms with E-state index >= 15 is 0 Å². The van der Waals surface area contributed by atoms with Gasteiger partial charge in [0.2, 0.25) is 5.91 Å². The summed E-state index contributed by atoms with van der Waals surface area (Å²) in [6.07, 6.45) is 3.01. The predicted molar refractivity (Wildman–Crippen MR) is 100 cm³/mol. The Labute approximate surface area is 156 Å². The van der Waals surface area contributed by atoms with Crippen molar-refractivity contribution in [2.45, 2.75) is 11.3 Å². The number of benzene rings is 2. The molecule has 6 nitrogen and oxygen atoms in total. The minimum Gasteiger partial charge on any atom is -0.492 e. The Bertz CT molecular complexity index is 1060. The van der Waals surface area contributed by atoms with Gasteiger partial charge in [-0.25, -0.2) is 12.8 Å². The normalized spacial score (nSPS) is 11.5. The third-order valence-corrected chi connectivity index (χ3v) is 5.15. The number of aromatic nitrogens is 1. The third kappa shape index (κ3) is 4.85. The van der Waals surface area contributed by atoms with Crippen molar-refractivity contribution in [1.29, 1.82) is 0 Å². The van der Waals surface area contributed by atoms with Crippen LogP contribution in [-0.4, -0.2) is 38.7 Å². The van der Waals surface area contributed by atoms with Gasteiger partial charge < -0.3 is 15.0 Å². The molecule has 2 N–H and O–H groups in total. The number of hydrogen-bond donors (Lipinski definition) is 2. The number of halogens is 1. The Morgan fingerprint density at radius 3 is 2.63 bits per heavy atom. The number of carbonyl (C=O) groups excluding carboxylic acids is 1. The maximum Gasteiger partial charge on any atom is 0.224 e. The van der Waals surface area contributed by atoms with Crippen molar-refractivity contribution in [1.82, 2.24) is 10.3 Å². The van der Waals surface area contributed by atoms with Gasteiger partial charge in [-0.15, -0.1) is 0 Å². The average Bonchev–Trinajstić information content (AvgIpc) is 3.00. The van der Waals surface area contributed by atoms with Crippen LogP contribution >= 0.6 is 0 Å². The summed E-state index contributed by atoms with van der Waals surface area (Å²) in [5, 5.41) is 3.57. The Morgan fingerprint density at radius 1 is 1.19 bits per heavy atom. The van der Waals surface area contributed by atoms with Crippen molar-refractivity contribution < 1.29 is 22.3 Å². The fourth-order valence-electron chi connectivity index (χ4n) is 2.68. The lowest BCUT2D eigenvalue weighted by Gasteiger charge is -2.08. The predicted octanol–water partition coefficient (Wildman–Crippen LogP) is 2.45. The van der Waals surface area contributed by atoms with Gasteiger partial charge in [0, 0.05) is 23.4 Å². The number of carbonyl (C=O) groups is 1. The van der Waals surface area contributed by atoms with Crippen LogP contribution in [0.1, 0.15) is 5.56 Å². The number of fused-ring (bicyclic) bond motifs is 1. The smallest absolute Gasteiger partial charge is 0.224 e. The van der Waals surface area contributed by atoms with E-state index in [2.05, 4.69) is 10.3 Å². The maximum atomic E-state index is 13.2. The first-order valence-corrected chi connectivity index (χ1v) is 10.2. The fraction of sp³-hybridized carbons (Fsp3) is 0.211. The molecule has 1 amide bonds. The van der Waals surface area contributed by atoms with E-state index < -0.39 is 9.84 Å². The lowest BCUT2D eigenvalue weighted by Crippen LogP contribution is -2.29. The number of ether oxygens (including phenoxy) is 1. The highest BCUT2D eigenvalue weighted by atomic mass is 32.2. The molecular weight excluding hydrogens is 371 g/mol. The van der Waals surface area contributed by atoms with Crippen molar-refractivity contribution in [3.05, 3.63) is 60.0 Å². The van der Waals surface area contributed by atoms with Crippen LogP contribution in [0, 0.1) is 5.82 Å². The standard InChI is InChI=1S/C19H19FN2O4S/c1-27(24,25)16-5-3-15(4-6-16)26-9-8-21-19(23)10-13-12-22-18-11-14(20)2-7-17(13)18/h2-7,11-12,22H,8-10H2,1H3,(H,21,23). The molecule has 0 aliphatic rings. The molecule has 0 aliphatic heterocycles. The van der Waals surface area contributed by atoms with Gasteiger partial charge >= 0.3 is 0 Å². The molecule has 0 aliphatic carbocycles. The molecule has 0 bridgehead atoms. The number of aromatic amines is 1. The number of rotatable bonds is 7. The summed E-state index contributed by atoms with van der Waals surface area (Å²) >= 11 is 0. The van der Waals surface area contributed by atoms with Crippen molar-refractivity contribution in [3.63, 3.8) is 0 Å². The van der Waals surface area contributed by atoms with E-state index in [9.17, 15) is 17.6 Å². The maximum absolute atomic E-state index is 13.2. The monoisotopic (exact) mass is 390 g/mol. The van der Waals surface area contributed by atoms with Crippen LogP contribution in [0.2, 0.25) is 0 Å². The van der Waals surface area contributed by atoms with E-state index in [4.69, 9.17) is 4.74 Å². The summed E-state index contributed by atoms with van der Waals surface area (Å²) < 4.78 is 41.5. The molecule has 0 saturated carbocycles. The van der Waals surface area contributed by atoms with Crippen LogP contribution in [-0.2, 0) is 21.1 Å².